The van der Waals surface area contributed by atoms with Gasteiger partial charge < -0.3 is 0 Å². The zero-order valence-electron chi connectivity index (χ0n) is 9.11. The molecule has 78 valence electrons. The van der Waals surface area contributed by atoms with Crippen LogP contribution in [0.3, 0.4) is 0 Å². The van der Waals surface area contributed by atoms with E-state index in [4.69, 9.17) is 0 Å². The number of halogens is 1. The van der Waals surface area contributed by atoms with Gasteiger partial charge in [-0.15, -0.1) is 0 Å². The summed E-state index contributed by atoms with van der Waals surface area (Å²) in [7, 11) is 0. The van der Waals surface area contributed by atoms with Crippen LogP contribution < -0.4 is 0 Å². The minimum absolute atomic E-state index is 0.689. The van der Waals surface area contributed by atoms with Gasteiger partial charge in [0.2, 0.25) is 0 Å². The van der Waals surface area contributed by atoms with Gasteiger partial charge in [0.05, 0.1) is 0 Å². The van der Waals surface area contributed by atoms with Crippen molar-refractivity contribution in [2.24, 2.45) is 11.3 Å². The maximum atomic E-state index is 3.70. The maximum Gasteiger partial charge on any atom is 0.00879 e. The number of alkyl halides is 1. The van der Waals surface area contributed by atoms with E-state index in [9.17, 15) is 0 Å². The monoisotopic (exact) mass is 246 g/mol. The van der Waals surface area contributed by atoms with Crippen LogP contribution in [0.1, 0.15) is 58.8 Å². The number of hydrogen-bond donors (Lipinski definition) is 0. The first-order valence-electron chi connectivity index (χ1n) is 5.74. The Morgan fingerprint density at radius 2 is 1.85 bits per heavy atom. The second-order valence-corrected chi connectivity index (χ2v) is 5.69. The average molecular weight is 247 g/mol. The van der Waals surface area contributed by atoms with Crippen molar-refractivity contribution in [2.45, 2.75) is 58.8 Å². The predicted octanol–water partition coefficient (Wildman–Crippen LogP) is 4.77. The Hall–Kier alpha value is 0.480. The summed E-state index contributed by atoms with van der Waals surface area (Å²) in [6, 6.07) is 0. The Labute approximate surface area is 91.6 Å². The zero-order chi connectivity index (χ0) is 9.73. The van der Waals surface area contributed by atoms with Crippen LogP contribution in [0.5, 0.6) is 0 Å². The van der Waals surface area contributed by atoms with Gasteiger partial charge in [0.1, 0.15) is 0 Å². The highest BCUT2D eigenvalue weighted by Gasteiger charge is 2.31. The Morgan fingerprint density at radius 3 is 2.31 bits per heavy atom. The summed E-state index contributed by atoms with van der Waals surface area (Å²) < 4.78 is 0. The standard InChI is InChI=1S/C12H23Br/c1-11(2)6-5-9-12(10-13)7-3-4-8-12/h11H,3-10H2,1-2H3. The van der Waals surface area contributed by atoms with Gasteiger partial charge in [-0.3, -0.25) is 0 Å². The SMILES string of the molecule is CC(C)CCCC1(CBr)CCCC1. The van der Waals surface area contributed by atoms with E-state index in [2.05, 4.69) is 29.8 Å². The third kappa shape index (κ3) is 3.61. The molecule has 0 unspecified atom stereocenters. The van der Waals surface area contributed by atoms with Crippen LogP contribution in [0.4, 0.5) is 0 Å². The molecule has 1 fully saturated rings. The summed E-state index contributed by atoms with van der Waals surface area (Å²) in [5.41, 5.74) is 0.689. The van der Waals surface area contributed by atoms with E-state index >= 15 is 0 Å². The van der Waals surface area contributed by atoms with Crippen LogP contribution in [0.15, 0.2) is 0 Å². The van der Waals surface area contributed by atoms with E-state index in [0.717, 1.165) is 5.92 Å². The molecule has 1 aliphatic rings. The minimum atomic E-state index is 0.689. The Bertz CT molecular complexity index is 134. The van der Waals surface area contributed by atoms with Gasteiger partial charge in [-0.1, -0.05) is 55.5 Å². The number of hydrogen-bond acceptors (Lipinski definition) is 0. The molecule has 0 aromatic carbocycles. The van der Waals surface area contributed by atoms with Gasteiger partial charge in [-0.2, -0.15) is 0 Å². The van der Waals surface area contributed by atoms with E-state index in [1.807, 2.05) is 0 Å². The van der Waals surface area contributed by atoms with Crippen LogP contribution in [0, 0.1) is 11.3 Å². The van der Waals surface area contributed by atoms with Crippen molar-refractivity contribution in [3.63, 3.8) is 0 Å². The molecular weight excluding hydrogens is 224 g/mol. The smallest absolute Gasteiger partial charge is 0.00879 e. The topological polar surface area (TPSA) is 0 Å². The third-order valence-corrected chi connectivity index (χ3v) is 4.63. The molecule has 0 aliphatic heterocycles. The summed E-state index contributed by atoms with van der Waals surface area (Å²) in [6.07, 6.45) is 10.2. The van der Waals surface area contributed by atoms with Crippen molar-refractivity contribution in [3.8, 4) is 0 Å². The van der Waals surface area contributed by atoms with E-state index in [1.165, 1.54) is 50.3 Å². The molecule has 0 atom stereocenters. The Balaban J connectivity index is 2.23. The second kappa shape index (κ2) is 5.38. The summed E-state index contributed by atoms with van der Waals surface area (Å²) in [6.45, 7) is 4.66. The van der Waals surface area contributed by atoms with Gasteiger partial charge in [-0.25, -0.2) is 0 Å². The van der Waals surface area contributed by atoms with Gasteiger partial charge in [0, 0.05) is 5.33 Å². The Morgan fingerprint density at radius 1 is 1.23 bits per heavy atom. The quantitative estimate of drug-likeness (QED) is 0.614. The van der Waals surface area contributed by atoms with Crippen LogP contribution in [0.25, 0.3) is 0 Å². The molecule has 0 saturated heterocycles. The highest BCUT2D eigenvalue weighted by Crippen LogP contribution is 2.43. The Kier molecular flexibility index (Phi) is 4.78. The highest BCUT2D eigenvalue weighted by molar-refractivity contribution is 9.09. The third-order valence-electron chi connectivity index (χ3n) is 3.44. The number of rotatable bonds is 5. The van der Waals surface area contributed by atoms with Crippen molar-refractivity contribution < 1.29 is 0 Å². The maximum absolute atomic E-state index is 3.70. The predicted molar refractivity (Wildman–Crippen MR) is 63.4 cm³/mol. The van der Waals surface area contributed by atoms with E-state index in [-0.39, 0.29) is 0 Å². The average Bonchev–Trinajstić information content (AvgIpc) is 2.53. The summed E-state index contributed by atoms with van der Waals surface area (Å²) >= 11 is 3.70. The molecular formula is C12H23Br. The lowest BCUT2D eigenvalue weighted by Gasteiger charge is -2.26. The lowest BCUT2D eigenvalue weighted by atomic mass is 9.82. The van der Waals surface area contributed by atoms with Crippen LogP contribution >= 0.6 is 15.9 Å². The van der Waals surface area contributed by atoms with Gasteiger partial charge in [0.15, 0.2) is 0 Å². The van der Waals surface area contributed by atoms with E-state index < -0.39 is 0 Å². The molecule has 1 rings (SSSR count). The van der Waals surface area contributed by atoms with Gasteiger partial charge in [-0.05, 0) is 30.6 Å². The van der Waals surface area contributed by atoms with Gasteiger partial charge >= 0.3 is 0 Å². The molecule has 0 N–H and O–H groups in total. The second-order valence-electron chi connectivity index (χ2n) is 5.13. The van der Waals surface area contributed by atoms with E-state index in [0.29, 0.717) is 5.41 Å². The molecule has 1 heteroatoms. The minimum Gasteiger partial charge on any atom is -0.0922 e. The first kappa shape index (κ1) is 11.6. The van der Waals surface area contributed by atoms with Crippen molar-refractivity contribution in [1.82, 2.24) is 0 Å². The van der Waals surface area contributed by atoms with Crippen LogP contribution in [-0.4, -0.2) is 5.33 Å². The molecule has 0 heterocycles. The van der Waals surface area contributed by atoms with Gasteiger partial charge in [0.25, 0.3) is 0 Å². The first-order valence-corrected chi connectivity index (χ1v) is 6.87. The normalized spacial score (nSPS) is 21.2. The molecule has 0 nitrogen and oxygen atoms in total. The highest BCUT2D eigenvalue weighted by atomic mass is 79.9. The molecule has 0 radical (unpaired) electrons. The van der Waals surface area contributed by atoms with Crippen LogP contribution in [-0.2, 0) is 0 Å². The fourth-order valence-corrected chi connectivity index (χ4v) is 3.30. The molecule has 0 amide bonds. The lowest BCUT2D eigenvalue weighted by molar-refractivity contribution is 0.299. The molecule has 1 aliphatic carbocycles. The molecule has 0 aromatic rings. The van der Waals surface area contributed by atoms with Crippen LogP contribution in [0.2, 0.25) is 0 Å². The molecule has 0 aromatic heterocycles. The van der Waals surface area contributed by atoms with E-state index in [1.54, 1.807) is 0 Å². The summed E-state index contributed by atoms with van der Waals surface area (Å²) in [5, 5.41) is 1.23. The zero-order valence-corrected chi connectivity index (χ0v) is 10.7. The van der Waals surface area contributed by atoms with Crippen molar-refractivity contribution in [3.05, 3.63) is 0 Å². The largest absolute Gasteiger partial charge is 0.0922 e. The van der Waals surface area contributed by atoms with Crippen molar-refractivity contribution in [2.75, 3.05) is 5.33 Å². The molecule has 0 bridgehead atoms. The van der Waals surface area contributed by atoms with Crippen molar-refractivity contribution in [1.29, 1.82) is 0 Å². The fraction of sp³-hybridized carbons (Fsp3) is 1.00. The lowest BCUT2D eigenvalue weighted by Crippen LogP contribution is -2.18. The first-order chi connectivity index (χ1) is 6.18. The fourth-order valence-electron chi connectivity index (χ4n) is 2.46. The molecule has 1 saturated carbocycles. The van der Waals surface area contributed by atoms with Crippen molar-refractivity contribution >= 4 is 15.9 Å². The molecule has 13 heavy (non-hydrogen) atoms. The summed E-state index contributed by atoms with van der Waals surface area (Å²) in [4.78, 5) is 0. The summed E-state index contributed by atoms with van der Waals surface area (Å²) in [5.74, 6) is 0.883. The molecule has 0 spiro atoms.